The third-order valence-electron chi connectivity index (χ3n) is 2.17. The molecule has 0 aliphatic carbocycles. The molecule has 0 aromatic carbocycles. The first-order valence-corrected chi connectivity index (χ1v) is 5.22. The van der Waals surface area contributed by atoms with Crippen LogP contribution in [-0.4, -0.2) is 20.8 Å². The maximum absolute atomic E-state index is 8.50. The molecule has 0 radical (unpaired) electrons. The van der Waals surface area contributed by atoms with Gasteiger partial charge in [-0.1, -0.05) is 23.7 Å². The van der Waals surface area contributed by atoms with E-state index in [1.807, 2.05) is 13.8 Å². The summed E-state index contributed by atoms with van der Waals surface area (Å²) in [5.41, 5.74) is 7.09. The van der Waals surface area contributed by atoms with Crippen LogP contribution in [0, 0.1) is 0 Å². The van der Waals surface area contributed by atoms with Crippen molar-refractivity contribution in [3.05, 3.63) is 16.4 Å². The van der Waals surface area contributed by atoms with Crippen LogP contribution < -0.4 is 5.73 Å². The maximum atomic E-state index is 8.50. The molecule has 0 unspecified atom stereocenters. The zero-order valence-corrected chi connectivity index (χ0v) is 9.62. The number of hydrogen-bond donors (Lipinski definition) is 2. The molecular formula is C9H15ClN4O. The molecule has 15 heavy (non-hydrogen) atoms. The Bertz CT molecular complexity index is 372. The van der Waals surface area contributed by atoms with Crippen molar-refractivity contribution in [3.63, 3.8) is 0 Å². The first-order valence-electron chi connectivity index (χ1n) is 4.84. The highest BCUT2D eigenvalue weighted by molar-refractivity contribution is 6.32. The van der Waals surface area contributed by atoms with Gasteiger partial charge in [-0.05, 0) is 13.3 Å². The lowest BCUT2D eigenvalue weighted by molar-refractivity contribution is 0.317. The van der Waals surface area contributed by atoms with Crippen molar-refractivity contribution < 1.29 is 5.21 Å². The minimum absolute atomic E-state index is 0.133. The van der Waals surface area contributed by atoms with Gasteiger partial charge in [0.05, 0.1) is 22.8 Å². The van der Waals surface area contributed by atoms with Gasteiger partial charge in [-0.2, -0.15) is 5.10 Å². The van der Waals surface area contributed by atoms with Gasteiger partial charge >= 0.3 is 0 Å². The molecule has 0 spiro atoms. The number of halogens is 1. The second-order valence-electron chi connectivity index (χ2n) is 3.14. The van der Waals surface area contributed by atoms with Crippen molar-refractivity contribution in [2.24, 2.45) is 10.9 Å². The molecule has 0 fully saturated rings. The molecule has 0 saturated carbocycles. The summed E-state index contributed by atoms with van der Waals surface area (Å²) in [5.74, 6) is 0.133. The highest BCUT2D eigenvalue weighted by Crippen LogP contribution is 2.21. The van der Waals surface area contributed by atoms with Crippen molar-refractivity contribution in [3.8, 4) is 0 Å². The van der Waals surface area contributed by atoms with E-state index < -0.39 is 0 Å². The highest BCUT2D eigenvalue weighted by Gasteiger charge is 2.15. The molecule has 3 N–H and O–H groups in total. The monoisotopic (exact) mass is 230 g/mol. The van der Waals surface area contributed by atoms with E-state index in [1.165, 1.54) is 0 Å². The quantitative estimate of drug-likeness (QED) is 0.355. The Kier molecular flexibility index (Phi) is 3.96. The molecule has 1 heterocycles. The molecule has 1 aromatic rings. The van der Waals surface area contributed by atoms with Crippen LogP contribution in [0.4, 0.5) is 0 Å². The summed E-state index contributed by atoms with van der Waals surface area (Å²) in [5, 5.41) is 16.4. The highest BCUT2D eigenvalue weighted by atomic mass is 35.5. The van der Waals surface area contributed by atoms with Crippen LogP contribution in [0.1, 0.15) is 25.2 Å². The summed E-state index contributed by atoms with van der Waals surface area (Å²) in [6.45, 7) is 4.67. The number of aromatic nitrogens is 2. The van der Waals surface area contributed by atoms with Crippen molar-refractivity contribution in [1.29, 1.82) is 0 Å². The second-order valence-corrected chi connectivity index (χ2v) is 3.52. The van der Waals surface area contributed by atoms with E-state index in [0.717, 1.165) is 17.8 Å². The fourth-order valence-corrected chi connectivity index (χ4v) is 1.73. The molecular weight excluding hydrogens is 216 g/mol. The van der Waals surface area contributed by atoms with Gasteiger partial charge in [-0.25, -0.2) is 0 Å². The standard InChI is InChI=1S/C9H15ClN4O/c1-3-6-9(10)7(5-8(11)13-15)14(4-2)12-6/h15H,3-5H2,1-2H3,(H2,11,13). The Morgan fingerprint density at radius 1 is 1.60 bits per heavy atom. The number of amidine groups is 1. The SMILES string of the molecule is CCc1nn(CC)c(CC(N)=NO)c1Cl. The van der Waals surface area contributed by atoms with E-state index in [2.05, 4.69) is 10.3 Å². The lowest BCUT2D eigenvalue weighted by Gasteiger charge is -2.03. The van der Waals surface area contributed by atoms with E-state index in [1.54, 1.807) is 4.68 Å². The molecule has 0 aliphatic rings. The van der Waals surface area contributed by atoms with Crippen LogP contribution in [0.5, 0.6) is 0 Å². The minimum Gasteiger partial charge on any atom is -0.409 e. The van der Waals surface area contributed by atoms with Crippen molar-refractivity contribution in [1.82, 2.24) is 9.78 Å². The first-order chi connectivity index (χ1) is 7.13. The molecule has 5 nitrogen and oxygen atoms in total. The van der Waals surface area contributed by atoms with Gasteiger partial charge in [0.1, 0.15) is 5.84 Å². The Labute approximate surface area is 93.5 Å². The minimum atomic E-state index is 0.133. The zero-order valence-electron chi connectivity index (χ0n) is 8.87. The number of rotatable bonds is 4. The summed E-state index contributed by atoms with van der Waals surface area (Å²) < 4.78 is 1.78. The lowest BCUT2D eigenvalue weighted by Crippen LogP contribution is -2.17. The molecule has 1 rings (SSSR count). The number of nitrogens with zero attached hydrogens (tertiary/aromatic N) is 3. The van der Waals surface area contributed by atoms with Crippen LogP contribution in [0.3, 0.4) is 0 Å². The summed E-state index contributed by atoms with van der Waals surface area (Å²) in [6.07, 6.45) is 1.09. The van der Waals surface area contributed by atoms with E-state index in [9.17, 15) is 0 Å². The Morgan fingerprint density at radius 3 is 2.73 bits per heavy atom. The van der Waals surface area contributed by atoms with Crippen LogP contribution in [0.25, 0.3) is 0 Å². The number of hydrogen-bond acceptors (Lipinski definition) is 3. The lowest BCUT2D eigenvalue weighted by atomic mass is 10.2. The number of nitrogens with two attached hydrogens (primary N) is 1. The predicted molar refractivity (Wildman–Crippen MR) is 59.4 cm³/mol. The third kappa shape index (κ3) is 2.41. The average Bonchev–Trinajstić information content (AvgIpc) is 2.55. The van der Waals surface area contributed by atoms with Crippen LogP contribution in [0.15, 0.2) is 5.16 Å². The molecule has 0 atom stereocenters. The topological polar surface area (TPSA) is 76.4 Å². The first kappa shape index (κ1) is 11.8. The molecule has 0 amide bonds. The normalized spacial score (nSPS) is 12.1. The summed E-state index contributed by atoms with van der Waals surface area (Å²) in [4.78, 5) is 0. The number of aryl methyl sites for hydroxylation is 2. The zero-order chi connectivity index (χ0) is 11.4. The fraction of sp³-hybridized carbons (Fsp3) is 0.556. The van der Waals surface area contributed by atoms with Gasteiger partial charge in [-0.3, -0.25) is 4.68 Å². The molecule has 84 valence electrons. The largest absolute Gasteiger partial charge is 0.409 e. The van der Waals surface area contributed by atoms with E-state index in [4.69, 9.17) is 22.5 Å². The van der Waals surface area contributed by atoms with Gasteiger partial charge < -0.3 is 10.9 Å². The summed E-state index contributed by atoms with van der Waals surface area (Å²) in [7, 11) is 0. The molecule has 0 aliphatic heterocycles. The Balaban J connectivity index is 3.08. The van der Waals surface area contributed by atoms with Gasteiger partial charge in [0.15, 0.2) is 0 Å². The van der Waals surface area contributed by atoms with E-state index in [0.29, 0.717) is 18.0 Å². The Morgan fingerprint density at radius 2 is 2.27 bits per heavy atom. The van der Waals surface area contributed by atoms with Crippen LogP contribution in [0.2, 0.25) is 5.02 Å². The second kappa shape index (κ2) is 5.02. The van der Waals surface area contributed by atoms with Gasteiger partial charge in [0.25, 0.3) is 0 Å². The van der Waals surface area contributed by atoms with Gasteiger partial charge in [0, 0.05) is 6.54 Å². The van der Waals surface area contributed by atoms with Crippen LogP contribution >= 0.6 is 11.6 Å². The summed E-state index contributed by atoms with van der Waals surface area (Å²) in [6, 6.07) is 0. The van der Waals surface area contributed by atoms with Gasteiger partial charge in [-0.15, -0.1) is 0 Å². The smallest absolute Gasteiger partial charge is 0.145 e. The van der Waals surface area contributed by atoms with Gasteiger partial charge in [0.2, 0.25) is 0 Å². The van der Waals surface area contributed by atoms with E-state index >= 15 is 0 Å². The molecule has 6 heteroatoms. The third-order valence-corrected chi connectivity index (χ3v) is 2.61. The fourth-order valence-electron chi connectivity index (χ4n) is 1.39. The van der Waals surface area contributed by atoms with Crippen LogP contribution in [-0.2, 0) is 19.4 Å². The van der Waals surface area contributed by atoms with Crippen molar-refractivity contribution >= 4 is 17.4 Å². The molecule has 0 bridgehead atoms. The molecule has 0 saturated heterocycles. The number of oxime groups is 1. The maximum Gasteiger partial charge on any atom is 0.145 e. The predicted octanol–water partition coefficient (Wildman–Crippen LogP) is 1.41. The molecule has 1 aromatic heterocycles. The van der Waals surface area contributed by atoms with E-state index in [-0.39, 0.29) is 5.84 Å². The van der Waals surface area contributed by atoms with Crippen molar-refractivity contribution in [2.45, 2.75) is 33.2 Å². The average molecular weight is 231 g/mol. The van der Waals surface area contributed by atoms with Crippen molar-refractivity contribution in [2.75, 3.05) is 0 Å². The summed E-state index contributed by atoms with van der Waals surface area (Å²) >= 11 is 6.13. The Hall–Kier alpha value is -1.23.